The highest BCUT2D eigenvalue weighted by Crippen LogP contribution is 2.50. The Labute approximate surface area is 580 Å². The molecule has 21 aromatic rings. The van der Waals surface area contributed by atoms with E-state index in [9.17, 15) is 0 Å². The molecule has 0 bridgehead atoms. The smallest absolute Gasteiger partial charge is 0.160 e. The Balaban J connectivity index is 0.950. The van der Waals surface area contributed by atoms with Gasteiger partial charge in [-0.15, -0.1) is 0 Å². The minimum absolute atomic E-state index is 0.644. The van der Waals surface area contributed by atoms with Gasteiger partial charge in [-0.3, -0.25) is 0 Å². The molecule has 0 aliphatic heterocycles. The van der Waals surface area contributed by atoms with Gasteiger partial charge in [0.1, 0.15) is 0 Å². The average molecular weight is 1290 g/mol. The monoisotopic (exact) mass is 1290 g/mol. The summed E-state index contributed by atoms with van der Waals surface area (Å²) in [5.74, 6) is 0.644. The molecule has 0 aliphatic rings. The number of rotatable bonds is 10. The van der Waals surface area contributed by atoms with Crippen LogP contribution in [0.4, 0.5) is 0 Å². The summed E-state index contributed by atoms with van der Waals surface area (Å²) < 4.78 is 12.5. The number of nitrogens with zero attached hydrogens (tertiary/aromatic N) is 7. The molecule has 0 saturated carbocycles. The van der Waals surface area contributed by atoms with E-state index in [1.54, 1.807) is 0 Å². The molecule has 0 aliphatic carbocycles. The number of para-hydroxylation sites is 10. The summed E-state index contributed by atoms with van der Waals surface area (Å²) in [5, 5.41) is 11.9. The van der Waals surface area contributed by atoms with E-state index >= 15 is 0 Å². The lowest BCUT2D eigenvalue weighted by molar-refractivity contribution is 1.14. The molecule has 101 heavy (non-hydrogen) atoms. The molecule has 7 heteroatoms. The van der Waals surface area contributed by atoms with Crippen LogP contribution in [0.5, 0.6) is 0 Å². The van der Waals surface area contributed by atoms with Crippen LogP contribution in [0.25, 0.3) is 194 Å². The van der Waals surface area contributed by atoms with Crippen LogP contribution in [0.2, 0.25) is 0 Å². The third-order valence-corrected chi connectivity index (χ3v) is 20.9. The predicted octanol–water partition coefficient (Wildman–Crippen LogP) is 24.3. The van der Waals surface area contributed by atoms with Crippen LogP contribution < -0.4 is 0 Å². The first-order chi connectivity index (χ1) is 50.1. The second kappa shape index (κ2) is 22.5. The molecule has 0 saturated heterocycles. The Bertz CT molecular complexity index is 6340. The Morgan fingerprint density at radius 2 is 0.465 bits per heavy atom. The van der Waals surface area contributed by atoms with Gasteiger partial charge in [0.25, 0.3) is 0 Å². The van der Waals surface area contributed by atoms with Gasteiger partial charge in [-0.2, -0.15) is 0 Å². The van der Waals surface area contributed by atoms with Crippen molar-refractivity contribution in [2.24, 2.45) is 0 Å². The maximum absolute atomic E-state index is 5.69. The molecule has 6 heterocycles. The first kappa shape index (κ1) is 56.5. The quantitative estimate of drug-likeness (QED) is 0.137. The Hall–Kier alpha value is -13.6. The van der Waals surface area contributed by atoms with Crippen LogP contribution in [0.3, 0.4) is 0 Å². The zero-order valence-corrected chi connectivity index (χ0v) is 54.7. The molecule has 21 rings (SSSR count). The molecule has 0 amide bonds. The molecular formula is C94H59N7. The summed E-state index contributed by atoms with van der Waals surface area (Å²) >= 11 is 0. The standard InChI is InChI=1S/C94H59N7/c1-3-27-60(28-4-1)79-59-80(96-94(95-79)61-29-5-2-6-30-61)62-55-77(73-39-15-25-49-89(73)99-85-45-21-11-35-69(85)70-36-12-22-46-86(70)99)93(78(56-62)74-40-16-26-50-90(74)100-87-47-23-13-37-71(87)72-38-14-24-48-88(72)100)101-91-53-51-63(97-81-41-17-7-31-65(81)66-32-8-18-42-82(66)97)57-75(91)76-58-64(52-54-92(76)101)98-83-43-19-9-33-67(83)68-34-10-20-44-84(68)98/h1-59H. The summed E-state index contributed by atoms with van der Waals surface area (Å²) in [6.07, 6.45) is 0. The Morgan fingerprint density at radius 1 is 0.178 bits per heavy atom. The number of benzene rings is 15. The Kier molecular flexibility index (Phi) is 12.6. The number of fused-ring (bicyclic) bond motifs is 15. The lowest BCUT2D eigenvalue weighted by Crippen LogP contribution is -2.06. The van der Waals surface area contributed by atoms with Crippen LogP contribution in [0.15, 0.2) is 358 Å². The van der Waals surface area contributed by atoms with E-state index in [-0.39, 0.29) is 0 Å². The summed E-state index contributed by atoms with van der Waals surface area (Å²) in [6, 6.07) is 131. The highest BCUT2D eigenvalue weighted by molar-refractivity contribution is 6.17. The molecule has 0 radical (unpaired) electrons. The minimum Gasteiger partial charge on any atom is -0.309 e. The first-order valence-corrected chi connectivity index (χ1v) is 34.6. The van der Waals surface area contributed by atoms with Gasteiger partial charge in [-0.25, -0.2) is 9.97 Å². The fourth-order valence-electron chi connectivity index (χ4n) is 16.6. The molecule has 0 unspecified atom stereocenters. The SMILES string of the molecule is c1ccc(-c2cc(-c3cc(-c4ccccc4-n4c5ccccc5c5ccccc54)c(-n4c5ccc(-n6c7ccccc7c7ccccc76)cc5c5cc(-n6c7ccccc7c7ccccc76)ccc54)c(-c4ccccc4-n4c5ccccc5c5ccccc54)c3)nc(-c3ccccc3)n2)cc1. The summed E-state index contributed by atoms with van der Waals surface area (Å²) in [6.45, 7) is 0. The predicted molar refractivity (Wildman–Crippen MR) is 421 cm³/mol. The van der Waals surface area contributed by atoms with Crippen LogP contribution in [-0.2, 0) is 0 Å². The van der Waals surface area contributed by atoms with Crippen molar-refractivity contribution in [3.63, 3.8) is 0 Å². The molecule has 0 N–H and O–H groups in total. The van der Waals surface area contributed by atoms with Crippen molar-refractivity contribution in [1.82, 2.24) is 32.8 Å². The van der Waals surface area contributed by atoms with Gasteiger partial charge in [0.05, 0.1) is 83.6 Å². The van der Waals surface area contributed by atoms with Gasteiger partial charge in [0.2, 0.25) is 0 Å². The van der Waals surface area contributed by atoms with Crippen molar-refractivity contribution in [1.29, 1.82) is 0 Å². The van der Waals surface area contributed by atoms with Crippen molar-refractivity contribution in [2.75, 3.05) is 0 Å². The van der Waals surface area contributed by atoms with Gasteiger partial charge >= 0.3 is 0 Å². The van der Waals surface area contributed by atoms with Crippen LogP contribution in [0.1, 0.15) is 0 Å². The van der Waals surface area contributed by atoms with Crippen molar-refractivity contribution in [3.8, 4) is 84.6 Å². The van der Waals surface area contributed by atoms with Gasteiger partial charge in [0, 0.05) is 104 Å². The third kappa shape index (κ3) is 8.67. The fraction of sp³-hybridized carbons (Fsp3) is 0. The summed E-state index contributed by atoms with van der Waals surface area (Å²) in [4.78, 5) is 11.1. The molecule has 470 valence electrons. The van der Waals surface area contributed by atoms with Crippen molar-refractivity contribution in [2.45, 2.75) is 0 Å². The maximum atomic E-state index is 5.69. The molecule has 0 atom stereocenters. The van der Waals surface area contributed by atoms with E-state index in [1.807, 2.05) is 0 Å². The van der Waals surface area contributed by atoms with Gasteiger partial charge in [0.15, 0.2) is 5.82 Å². The molecule has 0 fully saturated rings. The van der Waals surface area contributed by atoms with E-state index in [2.05, 4.69) is 381 Å². The van der Waals surface area contributed by atoms with Crippen LogP contribution in [-0.4, -0.2) is 32.8 Å². The summed E-state index contributed by atoms with van der Waals surface area (Å²) in [5.41, 5.74) is 25.1. The highest BCUT2D eigenvalue weighted by atomic mass is 15.0. The van der Waals surface area contributed by atoms with Crippen molar-refractivity contribution in [3.05, 3.63) is 358 Å². The second-order valence-corrected chi connectivity index (χ2v) is 26.4. The van der Waals surface area contributed by atoms with Gasteiger partial charge in [-0.05, 0) is 115 Å². The number of aromatic nitrogens is 7. The van der Waals surface area contributed by atoms with Crippen molar-refractivity contribution >= 4 is 109 Å². The Morgan fingerprint density at radius 3 is 0.832 bits per heavy atom. The molecular weight excluding hydrogens is 1230 g/mol. The van der Waals surface area contributed by atoms with E-state index in [0.717, 1.165) is 145 Å². The zero-order chi connectivity index (χ0) is 66.2. The number of hydrogen-bond acceptors (Lipinski definition) is 2. The second-order valence-electron chi connectivity index (χ2n) is 26.4. The lowest BCUT2D eigenvalue weighted by atomic mass is 9.90. The minimum atomic E-state index is 0.644. The molecule has 0 spiro atoms. The topological polar surface area (TPSA) is 50.4 Å². The van der Waals surface area contributed by atoms with E-state index in [4.69, 9.17) is 9.97 Å². The normalized spacial score (nSPS) is 12.0. The molecule has 7 nitrogen and oxygen atoms in total. The average Bonchev–Trinajstić information content (AvgIpc) is 1.61. The van der Waals surface area contributed by atoms with Crippen LogP contribution in [0, 0.1) is 0 Å². The van der Waals surface area contributed by atoms with Gasteiger partial charge < -0.3 is 22.8 Å². The van der Waals surface area contributed by atoms with Crippen molar-refractivity contribution < 1.29 is 0 Å². The van der Waals surface area contributed by atoms with E-state index < -0.39 is 0 Å². The van der Waals surface area contributed by atoms with Gasteiger partial charge in [-0.1, -0.05) is 243 Å². The highest BCUT2D eigenvalue weighted by Gasteiger charge is 2.29. The van der Waals surface area contributed by atoms with E-state index in [0.29, 0.717) is 5.82 Å². The largest absolute Gasteiger partial charge is 0.309 e. The molecule has 6 aromatic heterocycles. The third-order valence-electron chi connectivity index (χ3n) is 20.9. The first-order valence-electron chi connectivity index (χ1n) is 34.6. The zero-order valence-electron chi connectivity index (χ0n) is 54.7. The lowest BCUT2D eigenvalue weighted by Gasteiger charge is -2.24. The van der Waals surface area contributed by atoms with Crippen LogP contribution >= 0.6 is 0 Å². The maximum Gasteiger partial charge on any atom is 0.160 e. The summed E-state index contributed by atoms with van der Waals surface area (Å²) in [7, 11) is 0. The molecule has 15 aromatic carbocycles. The number of hydrogen-bond donors (Lipinski definition) is 0. The van der Waals surface area contributed by atoms with E-state index in [1.165, 1.54) is 43.1 Å². The fourth-order valence-corrected chi connectivity index (χ4v) is 16.6.